The molecule has 0 radical (unpaired) electrons. The molecule has 0 bridgehead atoms. The number of hydrogen-bond donors (Lipinski definition) is 0. The van der Waals surface area contributed by atoms with Crippen LogP contribution in [0.1, 0.15) is 19.4 Å². The van der Waals surface area contributed by atoms with Crippen LogP contribution < -0.4 is 0 Å². The predicted molar refractivity (Wildman–Crippen MR) is 59.1 cm³/mol. The van der Waals surface area contributed by atoms with Crippen LogP contribution in [0.3, 0.4) is 0 Å². The molecule has 16 heavy (non-hydrogen) atoms. The molecule has 5 heteroatoms. The van der Waals surface area contributed by atoms with Gasteiger partial charge in [0.25, 0.3) is 0 Å². The smallest absolute Gasteiger partial charge is 0.242 e. The molecule has 0 fully saturated rings. The second-order valence-corrected chi connectivity index (χ2v) is 4.42. The van der Waals surface area contributed by atoms with Gasteiger partial charge < -0.3 is 4.90 Å². The van der Waals surface area contributed by atoms with Crippen LogP contribution in [0, 0.1) is 16.7 Å². The summed E-state index contributed by atoms with van der Waals surface area (Å²) in [6.45, 7) is 3.71. The summed E-state index contributed by atoms with van der Waals surface area (Å²) in [4.78, 5) is 13.4. The Labute approximate surface area is 95.3 Å². The van der Waals surface area contributed by atoms with Gasteiger partial charge in [-0.05, 0) is 13.8 Å². The van der Waals surface area contributed by atoms with Crippen molar-refractivity contribution >= 4 is 5.91 Å². The average Bonchev–Trinajstić information content (AvgIpc) is 2.62. The molecule has 1 aromatic rings. The fourth-order valence-electron chi connectivity index (χ4n) is 1.42. The fraction of sp³-hybridized carbons (Fsp3) is 0.545. The van der Waals surface area contributed by atoms with Crippen LogP contribution in [0.25, 0.3) is 0 Å². The van der Waals surface area contributed by atoms with E-state index in [-0.39, 0.29) is 5.91 Å². The van der Waals surface area contributed by atoms with Gasteiger partial charge in [-0.25, -0.2) is 0 Å². The molecule has 0 aliphatic heterocycles. The topological polar surface area (TPSA) is 61.9 Å². The van der Waals surface area contributed by atoms with Crippen molar-refractivity contribution in [2.45, 2.75) is 20.4 Å². The van der Waals surface area contributed by atoms with Crippen molar-refractivity contribution in [1.82, 2.24) is 14.7 Å². The molecule has 0 aromatic carbocycles. The second-order valence-electron chi connectivity index (χ2n) is 4.42. The quantitative estimate of drug-likeness (QED) is 0.761. The number of rotatable bonds is 3. The zero-order valence-corrected chi connectivity index (χ0v) is 10.1. The average molecular weight is 220 g/mol. The molecule has 86 valence electrons. The van der Waals surface area contributed by atoms with E-state index in [4.69, 9.17) is 5.26 Å². The summed E-state index contributed by atoms with van der Waals surface area (Å²) in [5, 5.41) is 12.9. The Morgan fingerprint density at radius 1 is 1.69 bits per heavy atom. The minimum absolute atomic E-state index is 0.182. The second kappa shape index (κ2) is 4.35. The van der Waals surface area contributed by atoms with Crippen LogP contribution in [-0.2, 0) is 18.4 Å². The lowest BCUT2D eigenvalue weighted by molar-refractivity contribution is -0.136. The number of carbonyl (C=O) groups is 1. The largest absolute Gasteiger partial charge is 0.340 e. The molecule has 1 amide bonds. The predicted octanol–water partition coefficient (Wildman–Crippen LogP) is 0.928. The number of nitriles is 1. The maximum Gasteiger partial charge on any atom is 0.242 e. The van der Waals surface area contributed by atoms with Crippen molar-refractivity contribution in [3.05, 3.63) is 18.0 Å². The zero-order valence-electron chi connectivity index (χ0n) is 10.1. The molecule has 1 heterocycles. The van der Waals surface area contributed by atoms with Crippen LogP contribution in [-0.4, -0.2) is 27.6 Å². The zero-order chi connectivity index (χ0) is 12.3. The van der Waals surface area contributed by atoms with Crippen LogP contribution >= 0.6 is 0 Å². The van der Waals surface area contributed by atoms with E-state index in [1.165, 1.54) is 0 Å². The van der Waals surface area contributed by atoms with E-state index in [0.29, 0.717) is 6.54 Å². The highest BCUT2D eigenvalue weighted by atomic mass is 16.2. The molecule has 0 saturated carbocycles. The lowest BCUT2D eigenvalue weighted by Crippen LogP contribution is -2.37. The molecule has 1 rings (SSSR count). The normalized spacial score (nSPS) is 10.9. The lowest BCUT2D eigenvalue weighted by atomic mass is 9.94. The Hall–Kier alpha value is -1.83. The van der Waals surface area contributed by atoms with Gasteiger partial charge in [0.15, 0.2) is 0 Å². The minimum Gasteiger partial charge on any atom is -0.340 e. The van der Waals surface area contributed by atoms with E-state index in [2.05, 4.69) is 5.10 Å². The molecule has 0 unspecified atom stereocenters. The van der Waals surface area contributed by atoms with Gasteiger partial charge in [0, 0.05) is 32.4 Å². The van der Waals surface area contributed by atoms with Crippen molar-refractivity contribution in [2.75, 3.05) is 7.05 Å². The monoisotopic (exact) mass is 220 g/mol. The highest BCUT2D eigenvalue weighted by molar-refractivity contribution is 5.84. The minimum atomic E-state index is -0.975. The summed E-state index contributed by atoms with van der Waals surface area (Å²) in [5.74, 6) is -0.182. The van der Waals surface area contributed by atoms with Gasteiger partial charge >= 0.3 is 0 Å². The van der Waals surface area contributed by atoms with E-state index < -0.39 is 5.41 Å². The molecule has 0 atom stereocenters. The molecule has 0 spiro atoms. The molecule has 0 aliphatic carbocycles. The van der Waals surface area contributed by atoms with Gasteiger partial charge in [0.2, 0.25) is 5.91 Å². The van der Waals surface area contributed by atoms with E-state index in [1.54, 1.807) is 36.7 Å². The molecule has 0 N–H and O–H groups in total. The lowest BCUT2D eigenvalue weighted by Gasteiger charge is -2.23. The summed E-state index contributed by atoms with van der Waals surface area (Å²) in [6.07, 6.45) is 3.56. The van der Waals surface area contributed by atoms with Crippen LogP contribution in [0.15, 0.2) is 12.4 Å². The maximum absolute atomic E-state index is 11.9. The molecular formula is C11H16N4O. The number of aryl methyl sites for hydroxylation is 1. The molecule has 0 saturated heterocycles. The van der Waals surface area contributed by atoms with Crippen molar-refractivity contribution in [3.8, 4) is 6.07 Å². The summed E-state index contributed by atoms with van der Waals surface area (Å²) >= 11 is 0. The third kappa shape index (κ3) is 2.60. The fourth-order valence-corrected chi connectivity index (χ4v) is 1.42. The summed E-state index contributed by atoms with van der Waals surface area (Å²) < 4.78 is 1.68. The SMILES string of the molecule is CN(Cc1cnn(C)c1)C(=O)C(C)(C)C#N. The summed E-state index contributed by atoms with van der Waals surface area (Å²) in [5.41, 5.74) is -0.0242. The first kappa shape index (κ1) is 12.2. The van der Waals surface area contributed by atoms with Gasteiger partial charge in [-0.1, -0.05) is 0 Å². The third-order valence-corrected chi connectivity index (χ3v) is 2.34. The first-order valence-electron chi connectivity index (χ1n) is 5.01. The van der Waals surface area contributed by atoms with E-state index >= 15 is 0 Å². The van der Waals surface area contributed by atoms with Crippen LogP contribution in [0.5, 0.6) is 0 Å². The van der Waals surface area contributed by atoms with Crippen LogP contribution in [0.2, 0.25) is 0 Å². The van der Waals surface area contributed by atoms with Gasteiger partial charge in [-0.2, -0.15) is 10.4 Å². The first-order valence-corrected chi connectivity index (χ1v) is 5.01. The van der Waals surface area contributed by atoms with Crippen LogP contribution in [0.4, 0.5) is 0 Å². The number of amides is 1. The van der Waals surface area contributed by atoms with E-state index in [1.807, 2.05) is 19.3 Å². The third-order valence-electron chi connectivity index (χ3n) is 2.34. The maximum atomic E-state index is 11.9. The number of nitrogens with zero attached hydrogens (tertiary/aromatic N) is 4. The Morgan fingerprint density at radius 3 is 2.75 bits per heavy atom. The highest BCUT2D eigenvalue weighted by Crippen LogP contribution is 2.17. The number of aromatic nitrogens is 2. The molecule has 0 aliphatic rings. The number of carbonyl (C=O) groups excluding carboxylic acids is 1. The summed E-state index contributed by atoms with van der Waals surface area (Å²) in [7, 11) is 3.51. The van der Waals surface area contributed by atoms with Crippen molar-refractivity contribution in [2.24, 2.45) is 12.5 Å². The molecule has 5 nitrogen and oxygen atoms in total. The Balaban J connectivity index is 2.70. The standard InChI is InChI=1S/C11H16N4O/c1-11(2,8-12)10(16)14(3)6-9-5-13-15(4)7-9/h5,7H,6H2,1-4H3. The van der Waals surface area contributed by atoms with Gasteiger partial charge in [0.1, 0.15) is 5.41 Å². The van der Waals surface area contributed by atoms with E-state index in [9.17, 15) is 4.79 Å². The highest BCUT2D eigenvalue weighted by Gasteiger charge is 2.30. The Morgan fingerprint density at radius 2 is 2.31 bits per heavy atom. The number of hydrogen-bond acceptors (Lipinski definition) is 3. The van der Waals surface area contributed by atoms with Gasteiger partial charge in [-0.15, -0.1) is 0 Å². The Bertz CT molecular complexity index is 427. The van der Waals surface area contributed by atoms with E-state index in [0.717, 1.165) is 5.56 Å². The van der Waals surface area contributed by atoms with Crippen molar-refractivity contribution in [3.63, 3.8) is 0 Å². The Kier molecular flexibility index (Phi) is 3.33. The molecule has 1 aromatic heterocycles. The molecular weight excluding hydrogens is 204 g/mol. The van der Waals surface area contributed by atoms with Gasteiger partial charge in [0.05, 0.1) is 12.3 Å². The van der Waals surface area contributed by atoms with Gasteiger partial charge in [-0.3, -0.25) is 9.48 Å². The first-order chi connectivity index (χ1) is 7.36. The summed E-state index contributed by atoms with van der Waals surface area (Å²) in [6, 6.07) is 2.00. The van der Waals surface area contributed by atoms with Crippen molar-refractivity contribution in [1.29, 1.82) is 5.26 Å². The van der Waals surface area contributed by atoms with Crippen molar-refractivity contribution < 1.29 is 4.79 Å².